The van der Waals surface area contributed by atoms with Crippen molar-refractivity contribution in [3.05, 3.63) is 77.2 Å². The summed E-state index contributed by atoms with van der Waals surface area (Å²) in [6.45, 7) is -0.319. The van der Waals surface area contributed by atoms with Gasteiger partial charge in [0.1, 0.15) is 9.46 Å². The summed E-state index contributed by atoms with van der Waals surface area (Å²) in [6.07, 6.45) is 0.109. The van der Waals surface area contributed by atoms with Gasteiger partial charge in [-0.05, 0) is 40.8 Å². The van der Waals surface area contributed by atoms with Crippen LogP contribution in [0.25, 0.3) is 0 Å². The average molecular weight is 463 g/mol. The maximum absolute atomic E-state index is 13.2. The summed E-state index contributed by atoms with van der Waals surface area (Å²) in [7, 11) is -7.78. The molecule has 1 aliphatic heterocycles. The zero-order valence-electron chi connectivity index (χ0n) is 15.6. The van der Waals surface area contributed by atoms with Crippen LogP contribution < -0.4 is 10.0 Å². The van der Waals surface area contributed by atoms with Crippen molar-refractivity contribution in [1.29, 1.82) is 0 Å². The molecule has 1 aliphatic rings. The minimum Gasteiger partial charge on any atom is -0.326 e. The number of thiophene rings is 1. The van der Waals surface area contributed by atoms with E-state index >= 15 is 0 Å². The van der Waals surface area contributed by atoms with Gasteiger partial charge >= 0.3 is 0 Å². The van der Waals surface area contributed by atoms with Crippen LogP contribution in [0.3, 0.4) is 0 Å². The summed E-state index contributed by atoms with van der Waals surface area (Å²) in [6, 6.07) is 16.0. The summed E-state index contributed by atoms with van der Waals surface area (Å²) >= 11 is 1.09. The van der Waals surface area contributed by atoms with Crippen LogP contribution in [0.5, 0.6) is 0 Å². The van der Waals surface area contributed by atoms with Crippen molar-refractivity contribution in [2.45, 2.75) is 20.8 Å². The summed E-state index contributed by atoms with van der Waals surface area (Å²) in [5.41, 5.74) is 1.67. The fourth-order valence-corrected chi connectivity index (χ4v) is 7.35. The highest BCUT2D eigenvalue weighted by atomic mass is 32.2. The van der Waals surface area contributed by atoms with E-state index in [1.807, 2.05) is 0 Å². The highest BCUT2D eigenvalue weighted by molar-refractivity contribution is 7.93. The van der Waals surface area contributed by atoms with Gasteiger partial charge in [0.15, 0.2) is 9.84 Å². The van der Waals surface area contributed by atoms with Crippen LogP contribution in [-0.2, 0) is 31.1 Å². The number of rotatable bonds is 7. The third kappa shape index (κ3) is 4.04. The Morgan fingerprint density at radius 1 is 1.00 bits per heavy atom. The number of sulfone groups is 1. The molecule has 0 saturated carbocycles. The third-order valence-corrected chi connectivity index (χ3v) is 9.75. The van der Waals surface area contributed by atoms with Gasteiger partial charge in [0.2, 0.25) is 15.9 Å². The number of carbonyl (C=O) groups excluding carboxylic acids is 1. The van der Waals surface area contributed by atoms with Crippen molar-refractivity contribution in [2.24, 2.45) is 0 Å². The van der Waals surface area contributed by atoms with Crippen molar-refractivity contribution in [2.75, 3.05) is 11.9 Å². The Hall–Kier alpha value is -2.53. The molecule has 1 atom stereocenters. The fraction of sp³-hybridized carbons (Fsp3) is 0.150. The molecule has 3 aromatic rings. The first kappa shape index (κ1) is 20.7. The number of hydrogen-bond acceptors (Lipinski definition) is 6. The molecule has 0 aliphatic carbocycles. The topological polar surface area (TPSA) is 109 Å². The Morgan fingerprint density at radius 2 is 1.77 bits per heavy atom. The first-order valence-electron chi connectivity index (χ1n) is 9.02. The van der Waals surface area contributed by atoms with E-state index in [1.54, 1.807) is 41.8 Å². The van der Waals surface area contributed by atoms with Gasteiger partial charge in [0.25, 0.3) is 0 Å². The molecule has 7 nitrogen and oxygen atoms in total. The molecule has 0 bridgehead atoms. The quantitative estimate of drug-likeness (QED) is 0.561. The van der Waals surface area contributed by atoms with Crippen molar-refractivity contribution in [1.82, 2.24) is 4.72 Å². The lowest BCUT2D eigenvalue weighted by Crippen LogP contribution is -2.31. The van der Waals surface area contributed by atoms with Crippen LogP contribution in [0.1, 0.15) is 16.4 Å². The Labute approximate surface area is 178 Å². The predicted molar refractivity (Wildman–Crippen MR) is 115 cm³/mol. The van der Waals surface area contributed by atoms with Crippen LogP contribution in [0, 0.1) is 0 Å². The maximum Gasteiger partial charge on any atom is 0.240 e. The molecule has 10 heteroatoms. The van der Waals surface area contributed by atoms with Crippen molar-refractivity contribution in [3.63, 3.8) is 0 Å². The molecule has 0 saturated heterocycles. The molecule has 0 fully saturated rings. The molecule has 2 heterocycles. The lowest BCUT2D eigenvalue weighted by atomic mass is 10.1. The van der Waals surface area contributed by atoms with E-state index in [1.165, 1.54) is 24.3 Å². The smallest absolute Gasteiger partial charge is 0.240 e. The van der Waals surface area contributed by atoms with Crippen LogP contribution in [-0.4, -0.2) is 29.3 Å². The maximum atomic E-state index is 13.2. The number of anilines is 1. The standard InChI is InChI=1S/C20H18N2O5S3/c23-19-12-15-11-16(8-9-17(15)22-19)30(26,27)21-13-18(14-5-2-1-3-6-14)29(24,25)20-7-4-10-28-20/h1-11,18,21H,12-13H2,(H,22,23)/t18-/m1/s1. The van der Waals surface area contributed by atoms with Gasteiger partial charge in [-0.1, -0.05) is 36.4 Å². The third-order valence-electron chi connectivity index (χ3n) is 4.79. The van der Waals surface area contributed by atoms with Crippen molar-refractivity contribution >= 4 is 42.8 Å². The second kappa shape index (κ2) is 7.95. The van der Waals surface area contributed by atoms with E-state index in [4.69, 9.17) is 0 Å². The SMILES string of the molecule is O=C1Cc2cc(S(=O)(=O)NC[C@H](c3ccccc3)S(=O)(=O)c3cccs3)ccc2N1. The molecule has 1 aromatic heterocycles. The minimum atomic E-state index is -3.98. The Balaban J connectivity index is 1.63. The average Bonchev–Trinajstić information content (AvgIpc) is 3.37. The van der Waals surface area contributed by atoms with Crippen LogP contribution in [0.15, 0.2) is 75.1 Å². The summed E-state index contributed by atoms with van der Waals surface area (Å²) in [5, 5.41) is 3.24. The number of amides is 1. The number of sulfonamides is 1. The highest BCUT2D eigenvalue weighted by Crippen LogP contribution is 2.32. The second-order valence-corrected chi connectivity index (χ2v) is 11.8. The van der Waals surface area contributed by atoms with Gasteiger partial charge in [-0.25, -0.2) is 21.6 Å². The molecule has 2 N–H and O–H groups in total. The Kier molecular flexibility index (Phi) is 5.49. The van der Waals surface area contributed by atoms with Gasteiger partial charge in [-0.2, -0.15) is 0 Å². The zero-order chi connectivity index (χ0) is 21.4. The number of benzene rings is 2. The van der Waals surface area contributed by atoms with Gasteiger partial charge in [0.05, 0.1) is 11.3 Å². The van der Waals surface area contributed by atoms with E-state index in [-0.39, 0.29) is 28.0 Å². The molecule has 0 spiro atoms. The Bertz CT molecular complexity index is 1290. The first-order valence-corrected chi connectivity index (χ1v) is 12.9. The normalized spacial score (nSPS) is 14.9. The number of nitrogens with one attached hydrogen (secondary N) is 2. The van der Waals surface area contributed by atoms with E-state index < -0.39 is 25.1 Å². The van der Waals surface area contributed by atoms with Crippen LogP contribution in [0.4, 0.5) is 5.69 Å². The molecule has 0 unspecified atom stereocenters. The molecule has 2 aromatic carbocycles. The van der Waals surface area contributed by atoms with Gasteiger partial charge < -0.3 is 5.32 Å². The summed E-state index contributed by atoms with van der Waals surface area (Å²) in [5.74, 6) is -0.196. The molecule has 156 valence electrons. The van der Waals surface area contributed by atoms with E-state index in [0.717, 1.165) is 11.3 Å². The Morgan fingerprint density at radius 3 is 2.47 bits per heavy atom. The van der Waals surface area contributed by atoms with Crippen LogP contribution in [0.2, 0.25) is 0 Å². The number of hydrogen-bond donors (Lipinski definition) is 2. The molecule has 4 rings (SSSR count). The minimum absolute atomic E-state index is 0.0157. The largest absolute Gasteiger partial charge is 0.326 e. The summed E-state index contributed by atoms with van der Waals surface area (Å²) in [4.78, 5) is 11.5. The molecule has 0 radical (unpaired) electrons. The predicted octanol–water partition coefficient (Wildman–Crippen LogP) is 2.74. The molecule has 30 heavy (non-hydrogen) atoms. The van der Waals surface area contributed by atoms with E-state index in [9.17, 15) is 21.6 Å². The summed E-state index contributed by atoms with van der Waals surface area (Å²) < 4.78 is 54.7. The lowest BCUT2D eigenvalue weighted by Gasteiger charge is -2.18. The van der Waals surface area contributed by atoms with Gasteiger partial charge in [-0.15, -0.1) is 11.3 Å². The monoisotopic (exact) mass is 462 g/mol. The van der Waals surface area contributed by atoms with Crippen molar-refractivity contribution < 1.29 is 21.6 Å². The first-order chi connectivity index (χ1) is 14.3. The molecular weight excluding hydrogens is 444 g/mol. The van der Waals surface area contributed by atoms with Gasteiger partial charge in [0, 0.05) is 12.2 Å². The highest BCUT2D eigenvalue weighted by Gasteiger charge is 2.32. The second-order valence-electron chi connectivity index (χ2n) is 6.77. The zero-order valence-corrected chi connectivity index (χ0v) is 18.1. The fourth-order valence-electron chi connectivity index (χ4n) is 3.28. The van der Waals surface area contributed by atoms with Crippen molar-refractivity contribution in [3.8, 4) is 0 Å². The van der Waals surface area contributed by atoms with Gasteiger partial charge in [-0.3, -0.25) is 4.79 Å². The molecular formula is C20H18N2O5S3. The van der Waals surface area contributed by atoms with Crippen LogP contribution >= 0.6 is 11.3 Å². The van der Waals surface area contributed by atoms with E-state index in [0.29, 0.717) is 16.8 Å². The molecule has 1 amide bonds. The van der Waals surface area contributed by atoms with E-state index in [2.05, 4.69) is 10.0 Å². The number of carbonyl (C=O) groups is 1. The number of fused-ring (bicyclic) bond motifs is 1. The lowest BCUT2D eigenvalue weighted by molar-refractivity contribution is -0.115.